The van der Waals surface area contributed by atoms with Crippen molar-refractivity contribution in [2.24, 2.45) is 5.92 Å². The molecule has 8 nitrogen and oxygen atoms in total. The zero-order chi connectivity index (χ0) is 25.6. The van der Waals surface area contributed by atoms with Gasteiger partial charge in [0.25, 0.3) is 5.91 Å². The summed E-state index contributed by atoms with van der Waals surface area (Å²) in [5.41, 5.74) is 1.14. The summed E-state index contributed by atoms with van der Waals surface area (Å²) in [7, 11) is -0.705. The van der Waals surface area contributed by atoms with E-state index in [9.17, 15) is 18.3 Å². The second kappa shape index (κ2) is 11.7. The minimum absolute atomic E-state index is 0.00373. The summed E-state index contributed by atoms with van der Waals surface area (Å²) in [6.45, 7) is 3.85. The van der Waals surface area contributed by atoms with Crippen molar-refractivity contribution in [2.45, 2.75) is 30.9 Å². The van der Waals surface area contributed by atoms with Crippen LogP contribution < -0.4 is 4.74 Å². The first-order chi connectivity index (χ1) is 16.7. The first-order valence-corrected chi connectivity index (χ1v) is 12.8. The molecule has 0 aliphatic carbocycles. The smallest absolute Gasteiger partial charge is 0.253 e. The van der Waals surface area contributed by atoms with Crippen LogP contribution in [-0.4, -0.2) is 81.2 Å². The van der Waals surface area contributed by atoms with Gasteiger partial charge in [-0.05, 0) is 37.3 Å². The Morgan fingerprint density at radius 2 is 2.00 bits per heavy atom. The van der Waals surface area contributed by atoms with Crippen molar-refractivity contribution in [1.29, 1.82) is 0 Å². The lowest BCUT2D eigenvalue weighted by atomic mass is 10.0. The molecule has 3 rings (SSSR count). The first-order valence-electron chi connectivity index (χ1n) is 11.4. The van der Waals surface area contributed by atoms with Gasteiger partial charge in [-0.25, -0.2) is 8.42 Å². The Bertz CT molecular complexity index is 1190. The number of carbonyl (C=O) groups excluding carboxylic acids is 1. The van der Waals surface area contributed by atoms with Crippen LogP contribution in [0, 0.1) is 17.8 Å². The van der Waals surface area contributed by atoms with Gasteiger partial charge in [0, 0.05) is 43.8 Å². The minimum atomic E-state index is -3.95. The van der Waals surface area contributed by atoms with E-state index in [1.807, 2.05) is 13.0 Å². The Balaban J connectivity index is 2.01. The van der Waals surface area contributed by atoms with E-state index in [1.165, 1.54) is 10.4 Å². The Kier molecular flexibility index (Phi) is 8.92. The molecule has 188 valence electrons. The highest BCUT2D eigenvalue weighted by molar-refractivity contribution is 7.89. The molecule has 1 N–H and O–H groups in total. The molecule has 1 heterocycles. The summed E-state index contributed by atoms with van der Waals surface area (Å²) in [5, 5.41) is 9.77. The van der Waals surface area contributed by atoms with E-state index in [0.29, 0.717) is 11.1 Å². The van der Waals surface area contributed by atoms with Gasteiger partial charge in [-0.1, -0.05) is 37.0 Å². The Hall–Kier alpha value is -2.90. The minimum Gasteiger partial charge on any atom is -0.487 e. The molecule has 3 atom stereocenters. The molecule has 1 amide bonds. The number of nitrogens with zero attached hydrogens (tertiary/aromatic N) is 2. The first kappa shape index (κ1) is 26.7. The second-order valence-electron chi connectivity index (χ2n) is 8.69. The number of sulfonamides is 1. The van der Waals surface area contributed by atoms with E-state index in [2.05, 4.69) is 11.8 Å². The number of fused-ring (bicyclic) bond motifs is 1. The lowest BCUT2D eigenvalue weighted by molar-refractivity contribution is 0.0563. The highest BCUT2D eigenvalue weighted by atomic mass is 32.2. The summed E-state index contributed by atoms with van der Waals surface area (Å²) in [5.74, 6) is 5.53. The predicted octanol–water partition coefficient (Wildman–Crippen LogP) is 2.23. The molecule has 0 radical (unpaired) electrons. The Labute approximate surface area is 207 Å². The highest BCUT2D eigenvalue weighted by Gasteiger charge is 2.38. The zero-order valence-corrected chi connectivity index (χ0v) is 21.3. The fourth-order valence-corrected chi connectivity index (χ4v) is 5.71. The molecule has 2 aromatic carbocycles. The van der Waals surface area contributed by atoms with E-state index in [-0.39, 0.29) is 48.8 Å². The lowest BCUT2D eigenvalue weighted by Gasteiger charge is -2.37. The van der Waals surface area contributed by atoms with Gasteiger partial charge in [-0.2, -0.15) is 4.31 Å². The summed E-state index contributed by atoms with van der Waals surface area (Å²) in [4.78, 5) is 14.5. The van der Waals surface area contributed by atoms with Gasteiger partial charge in [-0.3, -0.25) is 4.79 Å². The van der Waals surface area contributed by atoms with Gasteiger partial charge in [0.05, 0.1) is 13.2 Å². The standard InChI is InChI=1S/C26H32N2O6S/c1-19-16-28(20(2)18-29)35(31,32)25-13-12-21(9-8-14-33-4)15-23(25)34-24(19)17-27(3)26(30)22-10-6-5-7-11-22/h5-7,10-13,15,19-20,24,29H,14,16-18H2,1-4H3/t19-,20-,24+/m1/s1. The van der Waals surface area contributed by atoms with Crippen LogP contribution in [0.4, 0.5) is 0 Å². The van der Waals surface area contributed by atoms with Crippen LogP contribution in [0.15, 0.2) is 53.4 Å². The van der Waals surface area contributed by atoms with Crippen LogP contribution in [-0.2, 0) is 14.8 Å². The number of ether oxygens (including phenoxy) is 2. The van der Waals surface area contributed by atoms with Crippen molar-refractivity contribution in [3.63, 3.8) is 0 Å². The van der Waals surface area contributed by atoms with E-state index in [0.717, 1.165) is 0 Å². The van der Waals surface area contributed by atoms with Crippen LogP contribution in [0.2, 0.25) is 0 Å². The quantitative estimate of drug-likeness (QED) is 0.611. The lowest BCUT2D eigenvalue weighted by Crippen LogP contribution is -2.50. The normalized spacial score (nSPS) is 20.3. The third-order valence-electron chi connectivity index (χ3n) is 5.94. The number of aliphatic hydroxyl groups is 1. The topological polar surface area (TPSA) is 96.4 Å². The fourth-order valence-electron chi connectivity index (χ4n) is 3.89. The van der Waals surface area contributed by atoms with Gasteiger partial charge >= 0.3 is 0 Å². The number of carbonyl (C=O) groups is 1. The van der Waals surface area contributed by atoms with Crippen molar-refractivity contribution >= 4 is 15.9 Å². The van der Waals surface area contributed by atoms with Crippen LogP contribution in [0.25, 0.3) is 0 Å². The largest absolute Gasteiger partial charge is 0.487 e. The SMILES string of the molecule is COCC#Cc1ccc2c(c1)O[C@@H](CN(C)C(=O)c1ccccc1)[C@H](C)CN([C@H](C)CO)S2(=O)=O. The van der Waals surface area contributed by atoms with Crippen LogP contribution in [0.5, 0.6) is 5.75 Å². The second-order valence-corrected chi connectivity index (χ2v) is 10.5. The zero-order valence-electron chi connectivity index (χ0n) is 20.5. The monoisotopic (exact) mass is 500 g/mol. The molecule has 35 heavy (non-hydrogen) atoms. The fraction of sp³-hybridized carbons (Fsp3) is 0.423. The molecule has 1 aliphatic heterocycles. The summed E-state index contributed by atoms with van der Waals surface area (Å²) in [6, 6.07) is 13.0. The molecule has 1 aliphatic rings. The molecular formula is C26H32N2O6S. The van der Waals surface area contributed by atoms with Gasteiger partial charge in [0.1, 0.15) is 23.4 Å². The molecule has 0 bridgehead atoms. The molecule has 0 saturated carbocycles. The van der Waals surface area contributed by atoms with Crippen molar-refractivity contribution < 1.29 is 27.8 Å². The number of benzene rings is 2. The average molecular weight is 501 g/mol. The summed E-state index contributed by atoms with van der Waals surface area (Å²) in [6.07, 6.45) is -0.502. The summed E-state index contributed by atoms with van der Waals surface area (Å²) >= 11 is 0. The van der Waals surface area contributed by atoms with E-state index >= 15 is 0 Å². The maximum absolute atomic E-state index is 13.5. The molecule has 0 fully saturated rings. The van der Waals surface area contributed by atoms with Gasteiger partial charge in [0.2, 0.25) is 10.0 Å². The third kappa shape index (κ3) is 6.21. The number of amides is 1. The number of methoxy groups -OCH3 is 1. The van der Waals surface area contributed by atoms with E-state index < -0.39 is 22.2 Å². The molecule has 0 spiro atoms. The molecular weight excluding hydrogens is 468 g/mol. The summed E-state index contributed by atoms with van der Waals surface area (Å²) < 4.78 is 39.6. The molecule has 0 unspecified atom stereocenters. The number of hydrogen-bond acceptors (Lipinski definition) is 6. The van der Waals surface area contributed by atoms with Crippen molar-refractivity contribution in [1.82, 2.24) is 9.21 Å². The number of likely N-dealkylation sites (N-methyl/N-ethyl adjacent to an activating group) is 1. The Morgan fingerprint density at radius 3 is 2.66 bits per heavy atom. The predicted molar refractivity (Wildman–Crippen MR) is 133 cm³/mol. The van der Waals surface area contributed by atoms with Crippen molar-refractivity contribution in [3.05, 3.63) is 59.7 Å². The average Bonchev–Trinajstić information content (AvgIpc) is 2.85. The molecule has 0 aromatic heterocycles. The number of rotatable bonds is 6. The van der Waals surface area contributed by atoms with Gasteiger partial charge < -0.3 is 19.5 Å². The maximum Gasteiger partial charge on any atom is 0.253 e. The number of hydrogen-bond donors (Lipinski definition) is 1. The molecule has 0 saturated heterocycles. The van der Waals surface area contributed by atoms with Gasteiger partial charge in [0.15, 0.2) is 0 Å². The van der Waals surface area contributed by atoms with Crippen molar-refractivity contribution in [2.75, 3.05) is 40.5 Å². The van der Waals surface area contributed by atoms with Crippen LogP contribution >= 0.6 is 0 Å². The highest BCUT2D eigenvalue weighted by Crippen LogP contribution is 2.34. The third-order valence-corrected chi connectivity index (χ3v) is 7.96. The van der Waals surface area contributed by atoms with E-state index in [4.69, 9.17) is 9.47 Å². The molecule has 2 aromatic rings. The van der Waals surface area contributed by atoms with E-state index in [1.54, 1.807) is 62.4 Å². The van der Waals surface area contributed by atoms with Crippen molar-refractivity contribution in [3.8, 4) is 17.6 Å². The van der Waals surface area contributed by atoms with Crippen LogP contribution in [0.3, 0.4) is 0 Å². The number of aliphatic hydroxyl groups excluding tert-OH is 1. The Morgan fingerprint density at radius 1 is 1.29 bits per heavy atom. The maximum atomic E-state index is 13.5. The molecule has 9 heteroatoms. The van der Waals surface area contributed by atoms with Crippen LogP contribution in [0.1, 0.15) is 29.8 Å². The van der Waals surface area contributed by atoms with Gasteiger partial charge in [-0.15, -0.1) is 0 Å².